The van der Waals surface area contributed by atoms with E-state index in [1.54, 1.807) is 0 Å². The summed E-state index contributed by atoms with van der Waals surface area (Å²) >= 11 is 5.85. The van der Waals surface area contributed by atoms with Crippen molar-refractivity contribution in [1.29, 1.82) is 0 Å². The van der Waals surface area contributed by atoms with E-state index in [4.69, 9.17) is 17.3 Å². The van der Waals surface area contributed by atoms with E-state index in [1.807, 2.05) is 4.31 Å². The molecule has 8 nitrogen and oxygen atoms in total. The number of carbonyl (C=O) groups excluding carboxylic acids is 1. The summed E-state index contributed by atoms with van der Waals surface area (Å²) in [5, 5.41) is 6.39. The number of nitrogens with zero attached hydrogens (tertiary/aromatic N) is 2. The smallest absolute Gasteiger partial charge is 0.352 e. The third-order valence-electron chi connectivity index (χ3n) is 9.06. The van der Waals surface area contributed by atoms with E-state index in [9.17, 15) is 31.5 Å². The third-order valence-corrected chi connectivity index (χ3v) is 11.4. The molecule has 7 atom stereocenters. The van der Waals surface area contributed by atoms with E-state index in [0.717, 1.165) is 57.1 Å². The molecule has 6 N–H and O–H groups in total. The molecular weight excluding hydrogens is 610 g/mol. The molecular formula is C29H38ClF4N5O3S. The molecule has 3 heterocycles. The van der Waals surface area contributed by atoms with Crippen LogP contribution < -0.4 is 16.4 Å². The zero-order valence-electron chi connectivity index (χ0n) is 23.6. The lowest BCUT2D eigenvalue weighted by molar-refractivity contribution is -0.137. The zero-order valence-corrected chi connectivity index (χ0v) is 25.1. The summed E-state index contributed by atoms with van der Waals surface area (Å²) in [7, 11) is -2.81. The summed E-state index contributed by atoms with van der Waals surface area (Å²) in [5.74, 6) is -1.95. The number of amides is 1. The van der Waals surface area contributed by atoms with Gasteiger partial charge in [-0.3, -0.25) is 18.9 Å². The highest BCUT2D eigenvalue weighted by molar-refractivity contribution is 8.22. The Hall–Kier alpha value is -2.00. The first-order chi connectivity index (χ1) is 20.3. The third kappa shape index (κ3) is 7.46. The topological polar surface area (TPSA) is 124 Å². The number of fused-ring (bicyclic) bond motifs is 2. The molecule has 5 rings (SSSR count). The quantitative estimate of drug-likeness (QED) is 0.239. The molecule has 1 amide bonds. The number of carbonyl (C=O) groups is 1. The maximum Gasteiger partial charge on any atom is 0.417 e. The van der Waals surface area contributed by atoms with Crippen LogP contribution in [0, 0.1) is 11.7 Å². The van der Waals surface area contributed by atoms with Crippen LogP contribution in [0.2, 0.25) is 5.02 Å². The van der Waals surface area contributed by atoms with Gasteiger partial charge in [0.15, 0.2) is 0 Å². The molecule has 1 unspecified atom stereocenters. The standard InChI is InChI=1S/C29H38ClF4N5O3S/c30-23-9-7-18(12-24(23)31)26(19-11-20(14-36-13-19)29(32,33)34)27(35)28(40)38-25-5-1-3-17(25)6-8-22-15-37-21-4-2-10-43(41,42)39(22)16-21/h7,9,11-14,17,21-22,25-27,37,41-42H,1-6,8,10,15-16,35H2,(H,38,40)/t17-,21-,22+,25+,26+,27+/m1/s1. The SMILES string of the molecule is N[C@H](C(=O)N[C@H]1CCC[C@@H]1CC[C@H]1CN[C@@H]2CCCS(O)(O)N1C2)[C@H](c1cncc(C(F)(F)F)c1)c1ccc(Cl)c(F)c1. The van der Waals surface area contributed by atoms with Crippen molar-refractivity contribution in [2.45, 2.75) is 81.2 Å². The van der Waals surface area contributed by atoms with Crippen LogP contribution in [0.5, 0.6) is 0 Å². The molecule has 0 spiro atoms. The van der Waals surface area contributed by atoms with Gasteiger partial charge in [-0.05, 0) is 73.8 Å². The summed E-state index contributed by atoms with van der Waals surface area (Å²) in [4.78, 5) is 17.3. The van der Waals surface area contributed by atoms with E-state index in [0.29, 0.717) is 25.0 Å². The molecule has 14 heteroatoms. The molecule has 3 fully saturated rings. The molecule has 2 saturated heterocycles. The summed E-state index contributed by atoms with van der Waals surface area (Å²) in [5.41, 5.74) is 5.67. The molecule has 0 radical (unpaired) electrons. The summed E-state index contributed by atoms with van der Waals surface area (Å²) in [6, 6.07) is 3.36. The Kier molecular flexibility index (Phi) is 9.91. The highest BCUT2D eigenvalue weighted by atomic mass is 35.5. The van der Waals surface area contributed by atoms with Crippen LogP contribution in [0.15, 0.2) is 36.7 Å². The lowest BCUT2D eigenvalue weighted by Crippen LogP contribution is -2.56. The Morgan fingerprint density at radius 2 is 1.95 bits per heavy atom. The number of benzene rings is 1. The molecule has 2 aromatic rings. The molecule has 238 valence electrons. The Morgan fingerprint density at radius 1 is 1.16 bits per heavy atom. The van der Waals surface area contributed by atoms with Crippen molar-refractivity contribution in [2.24, 2.45) is 11.7 Å². The van der Waals surface area contributed by atoms with Gasteiger partial charge in [-0.1, -0.05) is 24.1 Å². The maximum atomic E-state index is 14.4. The number of nitrogens with one attached hydrogen (secondary N) is 2. The summed E-state index contributed by atoms with van der Waals surface area (Å²) < 4.78 is 78.4. The molecule has 1 aliphatic carbocycles. The molecule has 1 aromatic heterocycles. The van der Waals surface area contributed by atoms with Gasteiger partial charge in [-0.15, -0.1) is 10.8 Å². The van der Waals surface area contributed by atoms with Crippen molar-refractivity contribution >= 4 is 28.3 Å². The fourth-order valence-corrected chi connectivity index (χ4v) is 8.76. The fraction of sp³-hybridized carbons (Fsp3) is 0.586. The van der Waals surface area contributed by atoms with Crippen LogP contribution in [0.3, 0.4) is 0 Å². The first-order valence-electron chi connectivity index (χ1n) is 14.6. The van der Waals surface area contributed by atoms with Crippen LogP contribution >= 0.6 is 22.4 Å². The molecule has 43 heavy (non-hydrogen) atoms. The van der Waals surface area contributed by atoms with Gasteiger partial charge in [0.25, 0.3) is 0 Å². The van der Waals surface area contributed by atoms with Crippen LogP contribution in [0.4, 0.5) is 17.6 Å². The van der Waals surface area contributed by atoms with Gasteiger partial charge >= 0.3 is 6.18 Å². The van der Waals surface area contributed by atoms with Gasteiger partial charge in [-0.2, -0.15) is 13.2 Å². The monoisotopic (exact) mass is 647 g/mol. The van der Waals surface area contributed by atoms with Gasteiger partial charge < -0.3 is 16.4 Å². The van der Waals surface area contributed by atoms with Crippen molar-refractivity contribution in [3.63, 3.8) is 0 Å². The second-order valence-electron chi connectivity index (χ2n) is 11.9. The molecule has 2 bridgehead atoms. The van der Waals surface area contributed by atoms with Crippen LogP contribution in [0.25, 0.3) is 0 Å². The first kappa shape index (κ1) is 32.4. The van der Waals surface area contributed by atoms with Crippen molar-refractivity contribution in [2.75, 3.05) is 18.8 Å². The summed E-state index contributed by atoms with van der Waals surface area (Å²) in [6.07, 6.45) is 2.86. The number of nitrogens with two attached hydrogens (primary N) is 1. The second-order valence-corrected chi connectivity index (χ2v) is 14.5. The van der Waals surface area contributed by atoms with Crippen LogP contribution in [0.1, 0.15) is 67.6 Å². The van der Waals surface area contributed by atoms with Gasteiger partial charge in [0.2, 0.25) is 5.91 Å². The Labute approximate surface area is 255 Å². The van der Waals surface area contributed by atoms with Crippen LogP contribution in [-0.4, -0.2) is 67.3 Å². The minimum atomic E-state index is -4.67. The molecule has 1 aromatic carbocycles. The number of halogens is 5. The van der Waals surface area contributed by atoms with Crippen LogP contribution in [-0.2, 0) is 11.0 Å². The molecule has 3 aliphatic rings. The normalized spacial score (nSPS) is 29.3. The average molecular weight is 648 g/mol. The van der Waals surface area contributed by atoms with Crippen molar-refractivity contribution in [3.8, 4) is 0 Å². The van der Waals surface area contributed by atoms with Crippen molar-refractivity contribution in [1.82, 2.24) is 19.9 Å². The average Bonchev–Trinajstić information content (AvgIpc) is 3.35. The Morgan fingerprint density at radius 3 is 2.70 bits per heavy atom. The lowest BCUT2D eigenvalue weighted by Gasteiger charge is -2.49. The lowest BCUT2D eigenvalue weighted by atomic mass is 9.84. The minimum Gasteiger partial charge on any atom is -0.352 e. The van der Waals surface area contributed by atoms with Gasteiger partial charge in [0.05, 0.1) is 22.4 Å². The van der Waals surface area contributed by atoms with Gasteiger partial charge in [-0.25, -0.2) is 8.70 Å². The zero-order chi connectivity index (χ0) is 30.9. The van der Waals surface area contributed by atoms with Gasteiger partial charge in [0, 0.05) is 49.5 Å². The summed E-state index contributed by atoms with van der Waals surface area (Å²) in [6.45, 7) is 1.27. The first-order valence-corrected chi connectivity index (χ1v) is 16.7. The van der Waals surface area contributed by atoms with E-state index in [1.165, 1.54) is 18.3 Å². The molecule has 2 aliphatic heterocycles. The number of piperazine rings is 1. The van der Waals surface area contributed by atoms with E-state index >= 15 is 0 Å². The Bertz CT molecular complexity index is 1310. The predicted octanol–water partition coefficient (Wildman–Crippen LogP) is 5.52. The van der Waals surface area contributed by atoms with E-state index < -0.39 is 46.2 Å². The maximum absolute atomic E-state index is 14.4. The highest BCUT2D eigenvalue weighted by Gasteiger charge is 2.40. The number of rotatable bonds is 8. The largest absolute Gasteiger partial charge is 0.417 e. The molecule has 1 saturated carbocycles. The number of aromatic nitrogens is 1. The number of pyridine rings is 1. The van der Waals surface area contributed by atoms with Crippen molar-refractivity contribution < 1.29 is 31.5 Å². The second kappa shape index (κ2) is 13.2. The fourth-order valence-electron chi connectivity index (χ4n) is 6.78. The number of alkyl halides is 3. The minimum absolute atomic E-state index is 0.0294. The van der Waals surface area contributed by atoms with Gasteiger partial charge in [0.1, 0.15) is 5.82 Å². The van der Waals surface area contributed by atoms with E-state index in [2.05, 4.69) is 15.6 Å². The highest BCUT2D eigenvalue weighted by Crippen LogP contribution is 2.49. The predicted molar refractivity (Wildman–Crippen MR) is 158 cm³/mol. The Balaban J connectivity index is 1.30. The number of hydrogen-bond acceptors (Lipinski definition) is 7. The van der Waals surface area contributed by atoms with E-state index in [-0.39, 0.29) is 40.2 Å². The number of hydrogen-bond donors (Lipinski definition) is 5. The van der Waals surface area contributed by atoms with Crippen molar-refractivity contribution in [3.05, 3.63) is 64.2 Å².